The first-order valence-electron chi connectivity index (χ1n) is 10.3. The quantitative estimate of drug-likeness (QED) is 0.396. The van der Waals surface area contributed by atoms with Crippen molar-refractivity contribution in [3.8, 4) is 0 Å². The number of rotatable bonds is 8. The van der Waals surface area contributed by atoms with E-state index in [2.05, 4.69) is 26.7 Å². The number of nitrogens with zero attached hydrogens (tertiary/aromatic N) is 4. The number of hydrogen-bond acceptors (Lipinski definition) is 5. The summed E-state index contributed by atoms with van der Waals surface area (Å²) < 4.78 is 5.33. The number of carbonyl (C=O) groups excluding carboxylic acids is 1. The summed E-state index contributed by atoms with van der Waals surface area (Å²) >= 11 is 1.61. The summed E-state index contributed by atoms with van der Waals surface area (Å²) in [6.07, 6.45) is 2.23. The number of thiazole rings is 1. The van der Waals surface area contributed by atoms with Crippen LogP contribution in [0.1, 0.15) is 42.1 Å². The molecule has 1 aromatic carbocycles. The summed E-state index contributed by atoms with van der Waals surface area (Å²) in [6, 6.07) is 8.16. The van der Waals surface area contributed by atoms with Crippen LogP contribution in [-0.4, -0.2) is 56.0 Å². The van der Waals surface area contributed by atoms with Crippen molar-refractivity contribution in [2.75, 3.05) is 39.2 Å². The molecule has 0 radical (unpaired) electrons. The summed E-state index contributed by atoms with van der Waals surface area (Å²) in [7, 11) is 5.45. The molecule has 30 heavy (non-hydrogen) atoms. The van der Waals surface area contributed by atoms with Gasteiger partial charge in [-0.3, -0.25) is 9.79 Å². The van der Waals surface area contributed by atoms with E-state index in [1.807, 2.05) is 42.0 Å². The Labute approximate surface area is 182 Å². The van der Waals surface area contributed by atoms with Crippen LogP contribution in [0.2, 0.25) is 0 Å². The Morgan fingerprint density at radius 1 is 1.43 bits per heavy atom. The molecule has 1 N–H and O–H groups in total. The zero-order valence-electron chi connectivity index (χ0n) is 18.2. The molecule has 0 spiro atoms. The van der Waals surface area contributed by atoms with E-state index in [-0.39, 0.29) is 12.0 Å². The van der Waals surface area contributed by atoms with Crippen molar-refractivity contribution in [2.24, 2.45) is 4.99 Å². The Morgan fingerprint density at radius 2 is 2.23 bits per heavy atom. The minimum atomic E-state index is 0.00611. The number of aromatic nitrogens is 1. The molecule has 1 unspecified atom stereocenters. The molecule has 1 atom stereocenters. The fraction of sp³-hybridized carbons (Fsp3) is 0.500. The van der Waals surface area contributed by atoms with Gasteiger partial charge in [0.2, 0.25) is 5.91 Å². The molecular formula is C22H31N5O2S. The third kappa shape index (κ3) is 5.37. The molecule has 1 aliphatic rings. The lowest BCUT2D eigenvalue weighted by Crippen LogP contribution is -2.39. The Hall–Kier alpha value is -2.45. The topological polar surface area (TPSA) is 70.1 Å². The Morgan fingerprint density at radius 3 is 3.00 bits per heavy atom. The van der Waals surface area contributed by atoms with Crippen LogP contribution in [0, 0.1) is 0 Å². The number of para-hydroxylation sites is 1. The van der Waals surface area contributed by atoms with Crippen LogP contribution in [0.4, 0.5) is 5.69 Å². The highest BCUT2D eigenvalue weighted by Gasteiger charge is 2.23. The van der Waals surface area contributed by atoms with E-state index in [4.69, 9.17) is 4.74 Å². The van der Waals surface area contributed by atoms with Gasteiger partial charge in [0.1, 0.15) is 11.1 Å². The Balaban J connectivity index is 1.43. The van der Waals surface area contributed by atoms with E-state index < -0.39 is 0 Å². The predicted octanol–water partition coefficient (Wildman–Crippen LogP) is 3.23. The average Bonchev–Trinajstić information content (AvgIpc) is 3.40. The molecule has 1 aromatic heterocycles. The number of anilines is 1. The molecule has 162 valence electrons. The molecule has 0 aliphatic carbocycles. The number of benzene rings is 1. The van der Waals surface area contributed by atoms with Crippen LogP contribution in [0.3, 0.4) is 0 Å². The fourth-order valence-corrected chi connectivity index (χ4v) is 4.40. The second-order valence-corrected chi connectivity index (χ2v) is 8.30. The van der Waals surface area contributed by atoms with Gasteiger partial charge in [-0.25, -0.2) is 4.98 Å². The first-order valence-corrected chi connectivity index (χ1v) is 11.2. The normalized spacial score (nSPS) is 14.5. The van der Waals surface area contributed by atoms with E-state index in [0.29, 0.717) is 19.5 Å². The number of hydrogen-bond donors (Lipinski definition) is 1. The largest absolute Gasteiger partial charge is 0.375 e. The minimum absolute atomic E-state index is 0.00611. The van der Waals surface area contributed by atoms with E-state index in [1.54, 1.807) is 25.5 Å². The molecule has 2 aromatic rings. The first kappa shape index (κ1) is 22.2. The van der Waals surface area contributed by atoms with Crippen LogP contribution in [0.15, 0.2) is 34.6 Å². The molecular weight excluding hydrogens is 398 g/mol. The summed E-state index contributed by atoms with van der Waals surface area (Å²) in [5, 5.41) is 6.39. The zero-order chi connectivity index (χ0) is 21.5. The SMILES string of the molecule is CN=C(NCCCC(=O)N1CCc2ccccc21)N(C)Cc1csc(C(C)OC)n1. The second-order valence-electron chi connectivity index (χ2n) is 7.41. The van der Waals surface area contributed by atoms with Crippen molar-refractivity contribution in [1.82, 2.24) is 15.2 Å². The monoisotopic (exact) mass is 429 g/mol. The highest BCUT2D eigenvalue weighted by Crippen LogP contribution is 2.28. The molecule has 3 rings (SSSR count). The molecule has 0 bridgehead atoms. The summed E-state index contributed by atoms with van der Waals surface area (Å²) in [4.78, 5) is 25.6. The van der Waals surface area contributed by atoms with Crippen molar-refractivity contribution in [3.63, 3.8) is 0 Å². The van der Waals surface area contributed by atoms with E-state index in [0.717, 1.165) is 41.7 Å². The van der Waals surface area contributed by atoms with E-state index in [1.165, 1.54) is 5.56 Å². The van der Waals surface area contributed by atoms with Gasteiger partial charge in [-0.15, -0.1) is 11.3 Å². The van der Waals surface area contributed by atoms with Crippen LogP contribution >= 0.6 is 11.3 Å². The van der Waals surface area contributed by atoms with Crippen LogP contribution in [-0.2, 0) is 22.5 Å². The maximum atomic E-state index is 12.6. The molecule has 2 heterocycles. The number of ether oxygens (including phenoxy) is 1. The van der Waals surface area contributed by atoms with Crippen LogP contribution < -0.4 is 10.2 Å². The maximum absolute atomic E-state index is 12.6. The first-order chi connectivity index (χ1) is 14.5. The number of fused-ring (bicyclic) bond motifs is 1. The average molecular weight is 430 g/mol. The molecule has 0 fully saturated rings. The highest BCUT2D eigenvalue weighted by molar-refractivity contribution is 7.09. The van der Waals surface area contributed by atoms with Gasteiger partial charge in [0, 0.05) is 51.8 Å². The van der Waals surface area contributed by atoms with Crippen molar-refractivity contribution in [1.29, 1.82) is 0 Å². The van der Waals surface area contributed by atoms with Gasteiger partial charge >= 0.3 is 0 Å². The van der Waals surface area contributed by atoms with Crippen molar-refractivity contribution >= 4 is 28.9 Å². The Bertz CT molecular complexity index is 882. The summed E-state index contributed by atoms with van der Waals surface area (Å²) in [6.45, 7) is 4.14. The third-order valence-corrected chi connectivity index (χ3v) is 6.34. The van der Waals surface area contributed by atoms with Crippen molar-refractivity contribution in [3.05, 3.63) is 45.9 Å². The zero-order valence-corrected chi connectivity index (χ0v) is 19.0. The van der Waals surface area contributed by atoms with Crippen LogP contribution in [0.25, 0.3) is 0 Å². The van der Waals surface area contributed by atoms with Crippen molar-refractivity contribution < 1.29 is 9.53 Å². The minimum Gasteiger partial charge on any atom is -0.375 e. The molecule has 7 nitrogen and oxygen atoms in total. The third-order valence-electron chi connectivity index (χ3n) is 5.28. The maximum Gasteiger partial charge on any atom is 0.227 e. The predicted molar refractivity (Wildman–Crippen MR) is 122 cm³/mol. The lowest BCUT2D eigenvalue weighted by atomic mass is 10.2. The standard InChI is InChI=1S/C22H31N5O2S/c1-16(29-4)21-25-18(15-30-21)14-26(3)22(23-2)24-12-7-10-20(28)27-13-11-17-8-5-6-9-19(17)27/h5-6,8-9,15-16H,7,10-14H2,1-4H3,(H,23,24). The van der Waals surface area contributed by atoms with E-state index >= 15 is 0 Å². The number of aliphatic imine (C=N–C) groups is 1. The smallest absolute Gasteiger partial charge is 0.227 e. The summed E-state index contributed by atoms with van der Waals surface area (Å²) in [5.41, 5.74) is 3.32. The van der Waals surface area contributed by atoms with Gasteiger partial charge in [-0.2, -0.15) is 0 Å². The van der Waals surface area contributed by atoms with E-state index in [9.17, 15) is 4.79 Å². The summed E-state index contributed by atoms with van der Waals surface area (Å²) in [5.74, 6) is 0.982. The van der Waals surface area contributed by atoms with Gasteiger partial charge in [0.25, 0.3) is 0 Å². The van der Waals surface area contributed by atoms with Crippen LogP contribution in [0.5, 0.6) is 0 Å². The number of nitrogens with one attached hydrogen (secondary N) is 1. The lowest BCUT2D eigenvalue weighted by molar-refractivity contribution is -0.118. The molecule has 0 saturated carbocycles. The molecule has 8 heteroatoms. The Kier molecular flexibility index (Phi) is 7.81. The number of guanidine groups is 1. The highest BCUT2D eigenvalue weighted by atomic mass is 32.1. The fourth-order valence-electron chi connectivity index (χ4n) is 3.56. The second kappa shape index (κ2) is 10.5. The van der Waals surface area contributed by atoms with Crippen molar-refractivity contribution in [2.45, 2.75) is 38.8 Å². The van der Waals surface area contributed by atoms with Gasteiger partial charge in [-0.1, -0.05) is 18.2 Å². The van der Waals surface area contributed by atoms with Gasteiger partial charge < -0.3 is 19.9 Å². The number of carbonyl (C=O) groups is 1. The van der Waals surface area contributed by atoms with Gasteiger partial charge in [0.05, 0.1) is 12.2 Å². The molecule has 1 aliphatic heterocycles. The lowest BCUT2D eigenvalue weighted by Gasteiger charge is -2.21. The number of amides is 1. The van der Waals surface area contributed by atoms with Gasteiger partial charge in [0.15, 0.2) is 5.96 Å². The molecule has 1 amide bonds. The van der Waals surface area contributed by atoms with Gasteiger partial charge in [-0.05, 0) is 31.4 Å². The number of methoxy groups -OCH3 is 1. The molecule has 0 saturated heterocycles.